The van der Waals surface area contributed by atoms with Crippen molar-refractivity contribution < 1.29 is 18.9 Å². The Morgan fingerprint density at radius 3 is 2.12 bits per heavy atom. The van der Waals surface area contributed by atoms with E-state index in [2.05, 4.69) is 32.0 Å². The number of rotatable bonds is 8. The van der Waals surface area contributed by atoms with Crippen molar-refractivity contribution in [3.8, 4) is 23.0 Å². The summed E-state index contributed by atoms with van der Waals surface area (Å²) in [5, 5.41) is 0. The van der Waals surface area contributed by atoms with E-state index >= 15 is 0 Å². The van der Waals surface area contributed by atoms with E-state index < -0.39 is 0 Å². The second-order valence-electron chi connectivity index (χ2n) is 8.21. The Bertz CT molecular complexity index is 815. The van der Waals surface area contributed by atoms with Crippen molar-refractivity contribution in [2.24, 2.45) is 5.92 Å². The van der Waals surface area contributed by atoms with Gasteiger partial charge in [-0.25, -0.2) is 0 Å². The molecule has 0 amide bonds. The molecule has 3 unspecified atom stereocenters. The summed E-state index contributed by atoms with van der Waals surface area (Å²) in [5.41, 5.74) is 2.48. The predicted molar refractivity (Wildman–Crippen MR) is 137 cm³/mol. The minimum Gasteiger partial charge on any atom is -0.497 e. The molecule has 0 radical (unpaired) electrons. The molecule has 3 atom stereocenters. The average molecular weight is 457 g/mol. The first-order chi connectivity index (χ1) is 16.2. The summed E-state index contributed by atoms with van der Waals surface area (Å²) in [5.74, 6) is 4.06. The third-order valence-corrected chi connectivity index (χ3v) is 6.30. The van der Waals surface area contributed by atoms with E-state index in [-0.39, 0.29) is 18.8 Å². The van der Waals surface area contributed by atoms with E-state index in [9.17, 15) is 0 Å². The molecule has 0 bridgehead atoms. The fourth-order valence-electron chi connectivity index (χ4n) is 4.62. The molecule has 0 fully saturated rings. The smallest absolute Gasteiger partial charge is 0.231 e. The van der Waals surface area contributed by atoms with Crippen LogP contribution < -0.4 is 18.9 Å². The summed E-state index contributed by atoms with van der Waals surface area (Å²) >= 11 is 0. The zero-order valence-electron chi connectivity index (χ0n) is 21.8. The third-order valence-electron chi connectivity index (χ3n) is 6.30. The quantitative estimate of drug-likeness (QED) is 0.374. The minimum absolute atomic E-state index is 0.205. The van der Waals surface area contributed by atoms with Gasteiger partial charge in [-0.15, -0.1) is 0 Å². The maximum absolute atomic E-state index is 6.51. The van der Waals surface area contributed by atoms with Gasteiger partial charge >= 0.3 is 0 Å². The van der Waals surface area contributed by atoms with Gasteiger partial charge < -0.3 is 18.9 Å². The van der Waals surface area contributed by atoms with Crippen molar-refractivity contribution in [2.45, 2.75) is 92.1 Å². The van der Waals surface area contributed by atoms with E-state index in [0.717, 1.165) is 29.4 Å². The summed E-state index contributed by atoms with van der Waals surface area (Å²) in [6.07, 6.45) is 7.70. The van der Waals surface area contributed by atoms with Crippen LogP contribution in [0.1, 0.15) is 97.1 Å². The number of hydrogen-bond donors (Lipinski definition) is 0. The zero-order valence-corrected chi connectivity index (χ0v) is 21.8. The Kier molecular flexibility index (Phi) is 11.4. The normalized spacial score (nSPS) is 19.8. The van der Waals surface area contributed by atoms with E-state index in [0.29, 0.717) is 5.92 Å². The molecule has 2 heterocycles. The van der Waals surface area contributed by atoms with Gasteiger partial charge in [-0.05, 0) is 36.6 Å². The number of methoxy groups -OCH3 is 1. The Balaban J connectivity index is 0.000000914. The fourth-order valence-corrected chi connectivity index (χ4v) is 4.62. The summed E-state index contributed by atoms with van der Waals surface area (Å²) in [7, 11) is 1.70. The lowest BCUT2D eigenvalue weighted by Gasteiger charge is -2.38. The molecule has 0 aliphatic carbocycles. The summed E-state index contributed by atoms with van der Waals surface area (Å²) in [6.45, 7) is 12.9. The monoisotopic (exact) mass is 456 g/mol. The Morgan fingerprint density at radius 2 is 1.48 bits per heavy atom. The van der Waals surface area contributed by atoms with Crippen molar-refractivity contribution in [2.75, 3.05) is 13.9 Å². The van der Waals surface area contributed by atoms with Gasteiger partial charge in [0.05, 0.1) is 7.11 Å². The molecule has 4 rings (SSSR count). The maximum Gasteiger partial charge on any atom is 0.231 e. The number of benzene rings is 2. The first kappa shape index (κ1) is 26.9. The molecule has 0 saturated carbocycles. The third kappa shape index (κ3) is 6.59. The van der Waals surface area contributed by atoms with E-state index in [4.69, 9.17) is 18.9 Å². The largest absolute Gasteiger partial charge is 0.497 e. The van der Waals surface area contributed by atoms with Gasteiger partial charge in [0.15, 0.2) is 11.5 Å². The number of ether oxygens (including phenoxy) is 4. The van der Waals surface area contributed by atoms with Gasteiger partial charge in [0.25, 0.3) is 0 Å². The molecule has 184 valence electrons. The molecule has 33 heavy (non-hydrogen) atoms. The molecule has 0 saturated heterocycles. The zero-order chi connectivity index (χ0) is 24.2. The van der Waals surface area contributed by atoms with E-state index in [1.807, 2.05) is 45.9 Å². The Labute approximate surface area is 201 Å². The molecule has 4 heteroatoms. The Hall–Kier alpha value is -2.36. The van der Waals surface area contributed by atoms with Crippen LogP contribution in [0.3, 0.4) is 0 Å². The first-order valence-corrected chi connectivity index (χ1v) is 13.0. The Morgan fingerprint density at radius 1 is 0.848 bits per heavy atom. The molecule has 0 N–H and O–H groups in total. The van der Waals surface area contributed by atoms with Crippen LogP contribution in [0, 0.1) is 5.92 Å². The van der Waals surface area contributed by atoms with Crippen LogP contribution >= 0.6 is 0 Å². The molecule has 2 aliphatic heterocycles. The van der Waals surface area contributed by atoms with Crippen LogP contribution in [0.25, 0.3) is 0 Å². The topological polar surface area (TPSA) is 36.9 Å². The highest BCUT2D eigenvalue weighted by Crippen LogP contribution is 2.50. The van der Waals surface area contributed by atoms with Crippen molar-refractivity contribution in [3.63, 3.8) is 0 Å². The molecule has 2 aromatic rings. The molecule has 0 aromatic heterocycles. The maximum atomic E-state index is 6.51. The number of fused-ring (bicyclic) bond motifs is 2. The summed E-state index contributed by atoms with van der Waals surface area (Å²) in [4.78, 5) is 0. The second kappa shape index (κ2) is 14.0. The first-order valence-electron chi connectivity index (χ1n) is 13.0. The van der Waals surface area contributed by atoms with Crippen LogP contribution in [-0.2, 0) is 0 Å². The lowest BCUT2D eigenvalue weighted by atomic mass is 9.75. The highest BCUT2D eigenvalue weighted by Gasteiger charge is 2.37. The molecular weight excluding hydrogens is 412 g/mol. The SMILES string of the molecule is CC.CC.CCCCCCCC1Oc2cc3c(cc2C(c2ccc(OC)cc2)C1C)OCO3. The lowest BCUT2D eigenvalue weighted by Crippen LogP contribution is -2.35. The lowest BCUT2D eigenvalue weighted by molar-refractivity contribution is 0.0992. The van der Waals surface area contributed by atoms with Crippen molar-refractivity contribution in [3.05, 3.63) is 47.5 Å². The number of hydrogen-bond acceptors (Lipinski definition) is 4. The second-order valence-corrected chi connectivity index (χ2v) is 8.21. The highest BCUT2D eigenvalue weighted by molar-refractivity contribution is 5.56. The highest BCUT2D eigenvalue weighted by atomic mass is 16.7. The van der Waals surface area contributed by atoms with Crippen molar-refractivity contribution in [1.82, 2.24) is 0 Å². The fraction of sp³-hybridized carbons (Fsp3) is 0.586. The van der Waals surface area contributed by atoms with Gasteiger partial charge in [0.1, 0.15) is 17.6 Å². The molecule has 2 aliphatic rings. The van der Waals surface area contributed by atoms with E-state index in [1.54, 1.807) is 7.11 Å². The van der Waals surface area contributed by atoms with Crippen molar-refractivity contribution in [1.29, 1.82) is 0 Å². The van der Waals surface area contributed by atoms with Crippen LogP contribution in [0.5, 0.6) is 23.0 Å². The molecule has 0 spiro atoms. The van der Waals surface area contributed by atoms with Gasteiger partial charge in [-0.2, -0.15) is 0 Å². The van der Waals surface area contributed by atoms with Gasteiger partial charge in [-0.1, -0.05) is 79.4 Å². The predicted octanol–water partition coefficient (Wildman–Crippen LogP) is 8.37. The minimum atomic E-state index is 0.205. The number of unbranched alkanes of at least 4 members (excludes halogenated alkanes) is 4. The van der Waals surface area contributed by atoms with Crippen LogP contribution in [-0.4, -0.2) is 20.0 Å². The average Bonchev–Trinajstić information content (AvgIpc) is 3.33. The van der Waals surface area contributed by atoms with Gasteiger partial charge in [-0.3, -0.25) is 0 Å². The van der Waals surface area contributed by atoms with Gasteiger partial charge in [0, 0.05) is 23.5 Å². The van der Waals surface area contributed by atoms with Gasteiger partial charge in [0.2, 0.25) is 6.79 Å². The summed E-state index contributed by atoms with van der Waals surface area (Å²) < 4.78 is 23.1. The molecular formula is C29H44O4. The van der Waals surface area contributed by atoms with Crippen molar-refractivity contribution >= 4 is 0 Å². The van der Waals surface area contributed by atoms with Crippen LogP contribution in [0.4, 0.5) is 0 Å². The summed E-state index contributed by atoms with van der Waals surface area (Å²) in [6, 6.07) is 12.6. The molecule has 2 aromatic carbocycles. The van der Waals surface area contributed by atoms with E-state index in [1.165, 1.54) is 43.2 Å². The van der Waals surface area contributed by atoms with Crippen LogP contribution in [0.2, 0.25) is 0 Å². The molecule has 4 nitrogen and oxygen atoms in total. The standard InChI is InChI=1S/C25H32O4.2C2H6/c1-4-5-6-7-8-9-21-17(2)25(18-10-12-19(26-3)13-11-18)20-14-23-24(28-16-27-23)15-22(20)29-21;2*1-2/h10-15,17,21,25H,4-9,16H2,1-3H3;2*1-2H3. The van der Waals surface area contributed by atoms with Crippen LogP contribution in [0.15, 0.2) is 36.4 Å².